The highest BCUT2D eigenvalue weighted by Crippen LogP contribution is 2.08. The number of aliphatic imine (C=N–C) groups is 1. The average molecular weight is 520 g/mol. The number of hydrogen-bond acceptors (Lipinski definition) is 4. The van der Waals surface area contributed by atoms with Crippen molar-refractivity contribution in [3.8, 4) is 0 Å². The number of benzene rings is 1. The van der Waals surface area contributed by atoms with Crippen molar-refractivity contribution >= 4 is 29.9 Å². The van der Waals surface area contributed by atoms with E-state index < -0.39 is 0 Å². The maximum atomic E-state index is 5.10. The molecule has 0 saturated carbocycles. The molecule has 0 bridgehead atoms. The fourth-order valence-electron chi connectivity index (χ4n) is 2.92. The van der Waals surface area contributed by atoms with Crippen molar-refractivity contribution in [2.45, 2.75) is 40.3 Å². The lowest BCUT2D eigenvalue weighted by Crippen LogP contribution is -2.41. The number of methoxy groups -OCH3 is 1. The van der Waals surface area contributed by atoms with Gasteiger partial charge in [-0.2, -0.15) is 0 Å². The molecule has 0 aliphatic heterocycles. The van der Waals surface area contributed by atoms with Gasteiger partial charge in [0.15, 0.2) is 5.96 Å². The second kappa shape index (κ2) is 17.9. The first kappa shape index (κ1) is 28.1. The van der Waals surface area contributed by atoms with E-state index in [-0.39, 0.29) is 24.0 Å². The minimum absolute atomic E-state index is 0. The van der Waals surface area contributed by atoms with E-state index >= 15 is 0 Å². The number of likely N-dealkylation sites (N-methyl/N-ethyl adjacent to an activating group) is 1. The van der Waals surface area contributed by atoms with Crippen LogP contribution in [0.2, 0.25) is 0 Å². The van der Waals surface area contributed by atoms with Gasteiger partial charge in [-0.05, 0) is 44.6 Å². The van der Waals surface area contributed by atoms with Gasteiger partial charge >= 0.3 is 0 Å². The number of nitrogens with zero attached hydrogens (tertiary/aromatic N) is 3. The third-order valence-corrected chi connectivity index (χ3v) is 4.76. The normalized spacial score (nSPS) is 11.6. The predicted molar refractivity (Wildman–Crippen MR) is 135 cm³/mol. The highest BCUT2D eigenvalue weighted by Gasteiger charge is 2.03. The standard InChI is InChI=1S/C22H41N5O.HI/c1-6-23-22(24-14-16-26(4)15-9-17-28-5)25-18-20-10-12-21(13-11-20)19-27(7-2)8-3;/h10-13H,6-9,14-19H2,1-5H3,(H2,23,24,25);1H. The third kappa shape index (κ3) is 13.1. The van der Waals surface area contributed by atoms with E-state index in [1.54, 1.807) is 7.11 Å². The summed E-state index contributed by atoms with van der Waals surface area (Å²) >= 11 is 0. The lowest BCUT2D eigenvalue weighted by Gasteiger charge is -2.18. The molecule has 0 radical (unpaired) electrons. The summed E-state index contributed by atoms with van der Waals surface area (Å²) in [6.07, 6.45) is 1.06. The largest absolute Gasteiger partial charge is 0.385 e. The van der Waals surface area contributed by atoms with Crippen molar-refractivity contribution < 1.29 is 4.74 Å². The zero-order valence-corrected chi connectivity index (χ0v) is 21.4. The van der Waals surface area contributed by atoms with Crippen molar-refractivity contribution in [1.82, 2.24) is 20.4 Å². The molecule has 0 aromatic heterocycles. The molecule has 0 atom stereocenters. The molecule has 1 aromatic rings. The van der Waals surface area contributed by atoms with Gasteiger partial charge < -0.3 is 20.3 Å². The van der Waals surface area contributed by atoms with E-state index in [1.807, 2.05) is 0 Å². The summed E-state index contributed by atoms with van der Waals surface area (Å²) in [4.78, 5) is 9.46. The molecule has 0 heterocycles. The van der Waals surface area contributed by atoms with E-state index in [0.717, 1.165) is 64.8 Å². The van der Waals surface area contributed by atoms with E-state index in [2.05, 4.69) is 72.5 Å². The average Bonchev–Trinajstić information content (AvgIpc) is 2.71. The molecule has 2 N–H and O–H groups in total. The summed E-state index contributed by atoms with van der Waals surface area (Å²) in [5, 5.41) is 6.75. The van der Waals surface area contributed by atoms with E-state index in [0.29, 0.717) is 6.54 Å². The lowest BCUT2D eigenvalue weighted by atomic mass is 10.1. The summed E-state index contributed by atoms with van der Waals surface area (Å²) in [5.41, 5.74) is 2.59. The first-order chi connectivity index (χ1) is 13.6. The van der Waals surface area contributed by atoms with Crippen LogP contribution in [-0.2, 0) is 17.8 Å². The predicted octanol–water partition coefficient (Wildman–Crippen LogP) is 3.17. The molecule has 0 unspecified atom stereocenters. The summed E-state index contributed by atoms with van der Waals surface area (Å²) in [6.45, 7) is 14.9. The van der Waals surface area contributed by atoms with Gasteiger partial charge in [0.1, 0.15) is 0 Å². The Hall–Kier alpha value is -0.900. The quantitative estimate of drug-likeness (QED) is 0.171. The van der Waals surface area contributed by atoms with E-state index in [4.69, 9.17) is 9.73 Å². The van der Waals surface area contributed by atoms with Gasteiger partial charge in [-0.15, -0.1) is 24.0 Å². The highest BCUT2D eigenvalue weighted by atomic mass is 127. The number of halogens is 1. The minimum atomic E-state index is 0. The molecular weight excluding hydrogens is 477 g/mol. The van der Waals surface area contributed by atoms with Gasteiger partial charge in [-0.1, -0.05) is 38.1 Å². The van der Waals surface area contributed by atoms with Crippen molar-refractivity contribution in [2.75, 3.05) is 60.0 Å². The first-order valence-electron chi connectivity index (χ1n) is 10.6. The highest BCUT2D eigenvalue weighted by molar-refractivity contribution is 14.0. The molecular formula is C22H42IN5O. The van der Waals surface area contributed by atoms with Gasteiger partial charge in [0.05, 0.1) is 6.54 Å². The second-order valence-corrected chi connectivity index (χ2v) is 7.05. The molecule has 0 spiro atoms. The Balaban J connectivity index is 0.00000784. The van der Waals surface area contributed by atoms with Crippen molar-refractivity contribution in [2.24, 2.45) is 4.99 Å². The molecule has 0 saturated heterocycles. The summed E-state index contributed by atoms with van der Waals surface area (Å²) in [7, 11) is 3.89. The molecule has 0 fully saturated rings. The molecule has 168 valence electrons. The van der Waals surface area contributed by atoms with Crippen LogP contribution in [0.4, 0.5) is 0 Å². The number of nitrogens with one attached hydrogen (secondary N) is 2. The maximum absolute atomic E-state index is 5.10. The number of guanidine groups is 1. The van der Waals surface area contributed by atoms with Gasteiger partial charge in [0.25, 0.3) is 0 Å². The van der Waals surface area contributed by atoms with Crippen LogP contribution in [0, 0.1) is 0 Å². The summed E-state index contributed by atoms with van der Waals surface area (Å²) in [5.74, 6) is 0.875. The SMILES string of the molecule is CCNC(=NCc1ccc(CN(CC)CC)cc1)NCCN(C)CCCOC.I. The summed E-state index contributed by atoms with van der Waals surface area (Å²) in [6, 6.07) is 8.82. The number of hydrogen-bond donors (Lipinski definition) is 2. The Kier molecular flexibility index (Phi) is 17.4. The maximum Gasteiger partial charge on any atom is 0.191 e. The molecule has 6 nitrogen and oxygen atoms in total. The van der Waals surface area contributed by atoms with Crippen LogP contribution < -0.4 is 10.6 Å². The Morgan fingerprint density at radius 3 is 2.24 bits per heavy atom. The van der Waals surface area contributed by atoms with Gasteiger partial charge in [-0.25, -0.2) is 4.99 Å². The van der Waals surface area contributed by atoms with Crippen LogP contribution in [0.5, 0.6) is 0 Å². The zero-order valence-electron chi connectivity index (χ0n) is 19.0. The fourth-order valence-corrected chi connectivity index (χ4v) is 2.92. The van der Waals surface area contributed by atoms with Gasteiger partial charge in [-0.3, -0.25) is 4.90 Å². The minimum Gasteiger partial charge on any atom is -0.385 e. The van der Waals surface area contributed by atoms with Crippen molar-refractivity contribution in [1.29, 1.82) is 0 Å². The van der Waals surface area contributed by atoms with Crippen molar-refractivity contribution in [3.05, 3.63) is 35.4 Å². The van der Waals surface area contributed by atoms with Crippen LogP contribution in [0.1, 0.15) is 38.3 Å². The molecule has 7 heteroatoms. The molecule has 0 aliphatic rings. The first-order valence-corrected chi connectivity index (χ1v) is 10.6. The summed E-state index contributed by atoms with van der Waals surface area (Å²) < 4.78 is 5.10. The fraction of sp³-hybridized carbons (Fsp3) is 0.682. The van der Waals surface area contributed by atoms with Crippen molar-refractivity contribution in [3.63, 3.8) is 0 Å². The number of rotatable bonds is 14. The van der Waals surface area contributed by atoms with E-state index in [1.165, 1.54) is 11.1 Å². The van der Waals surface area contributed by atoms with Crippen LogP contribution in [0.15, 0.2) is 29.3 Å². The zero-order chi connectivity index (χ0) is 20.6. The van der Waals surface area contributed by atoms with Crippen LogP contribution in [0.3, 0.4) is 0 Å². The Morgan fingerprint density at radius 1 is 1.00 bits per heavy atom. The molecule has 1 rings (SSSR count). The lowest BCUT2D eigenvalue weighted by molar-refractivity contribution is 0.180. The topological polar surface area (TPSA) is 52.1 Å². The van der Waals surface area contributed by atoms with Crippen LogP contribution in [-0.4, -0.2) is 75.8 Å². The molecule has 29 heavy (non-hydrogen) atoms. The third-order valence-electron chi connectivity index (χ3n) is 4.76. The molecule has 0 amide bonds. The van der Waals surface area contributed by atoms with Gasteiger partial charge in [0, 0.05) is 46.4 Å². The monoisotopic (exact) mass is 519 g/mol. The molecule has 0 aliphatic carbocycles. The Labute approximate surface area is 195 Å². The second-order valence-electron chi connectivity index (χ2n) is 7.05. The van der Waals surface area contributed by atoms with E-state index in [9.17, 15) is 0 Å². The Morgan fingerprint density at radius 2 is 1.66 bits per heavy atom. The van der Waals surface area contributed by atoms with Gasteiger partial charge in [0.2, 0.25) is 0 Å². The number of ether oxygens (including phenoxy) is 1. The smallest absolute Gasteiger partial charge is 0.191 e. The Bertz CT molecular complexity index is 535. The molecule has 1 aromatic carbocycles. The van der Waals surface area contributed by atoms with Crippen LogP contribution in [0.25, 0.3) is 0 Å². The van der Waals surface area contributed by atoms with Crippen LogP contribution >= 0.6 is 24.0 Å².